The number of oxazole rings is 1. The van der Waals surface area contributed by atoms with Crippen molar-refractivity contribution < 1.29 is 14.0 Å². The van der Waals surface area contributed by atoms with Crippen molar-refractivity contribution in [3.05, 3.63) is 17.3 Å². The minimum atomic E-state index is -0.675. The molecule has 1 saturated carbocycles. The second-order valence-corrected chi connectivity index (χ2v) is 5.75. The highest BCUT2D eigenvalue weighted by molar-refractivity contribution is 5.98. The van der Waals surface area contributed by atoms with E-state index in [4.69, 9.17) is 4.42 Å². The summed E-state index contributed by atoms with van der Waals surface area (Å²) in [5.41, 5.74) is 0.149. The van der Waals surface area contributed by atoms with E-state index >= 15 is 0 Å². The molecule has 0 unspecified atom stereocenters. The van der Waals surface area contributed by atoms with Crippen LogP contribution in [0.3, 0.4) is 0 Å². The van der Waals surface area contributed by atoms with Gasteiger partial charge in [0.25, 0.3) is 0 Å². The van der Waals surface area contributed by atoms with Gasteiger partial charge in [0.05, 0.1) is 12.2 Å². The summed E-state index contributed by atoms with van der Waals surface area (Å²) in [5.74, 6) is 1.16. The van der Waals surface area contributed by atoms with Crippen molar-refractivity contribution in [2.75, 3.05) is 6.54 Å². The normalized spacial score (nSPS) is 21.6. The Bertz CT molecular complexity index is 539. The molecule has 0 atom stereocenters. The van der Waals surface area contributed by atoms with Gasteiger partial charge >= 0.3 is 0 Å². The van der Waals surface area contributed by atoms with Crippen molar-refractivity contribution in [1.82, 2.24) is 15.2 Å². The highest BCUT2D eigenvalue weighted by Gasteiger charge is 2.48. The molecule has 1 aliphatic heterocycles. The molecule has 2 amide bonds. The molecule has 1 saturated heterocycles. The third-order valence-electron chi connectivity index (χ3n) is 4.27. The van der Waals surface area contributed by atoms with Gasteiger partial charge in [0.15, 0.2) is 0 Å². The molecule has 1 aromatic rings. The van der Waals surface area contributed by atoms with Crippen molar-refractivity contribution in [3.63, 3.8) is 0 Å². The number of carbonyl (C=O) groups is 2. The van der Waals surface area contributed by atoms with Crippen molar-refractivity contribution in [1.29, 1.82) is 0 Å². The van der Waals surface area contributed by atoms with E-state index in [9.17, 15) is 9.59 Å². The first kappa shape index (κ1) is 13.1. The van der Waals surface area contributed by atoms with Crippen LogP contribution in [0.15, 0.2) is 4.42 Å². The van der Waals surface area contributed by atoms with E-state index in [1.54, 1.807) is 4.90 Å². The van der Waals surface area contributed by atoms with E-state index < -0.39 is 5.54 Å². The molecule has 2 fully saturated rings. The number of nitrogens with zero attached hydrogens (tertiary/aromatic N) is 2. The van der Waals surface area contributed by atoms with Crippen LogP contribution in [0.4, 0.5) is 0 Å². The summed E-state index contributed by atoms with van der Waals surface area (Å²) >= 11 is 0. The highest BCUT2D eigenvalue weighted by atomic mass is 16.4. The Morgan fingerprint density at radius 1 is 1.30 bits per heavy atom. The van der Waals surface area contributed by atoms with Crippen LogP contribution in [-0.4, -0.2) is 33.8 Å². The first-order chi connectivity index (χ1) is 9.50. The lowest BCUT2D eigenvalue weighted by atomic mass is 9.93. The third kappa shape index (κ3) is 2.09. The minimum absolute atomic E-state index is 0.00288. The van der Waals surface area contributed by atoms with Crippen LogP contribution < -0.4 is 5.32 Å². The van der Waals surface area contributed by atoms with Gasteiger partial charge in [0, 0.05) is 0 Å². The second-order valence-electron chi connectivity index (χ2n) is 5.75. The monoisotopic (exact) mass is 277 g/mol. The molecule has 20 heavy (non-hydrogen) atoms. The average Bonchev–Trinajstić information content (AvgIpc) is 2.95. The highest BCUT2D eigenvalue weighted by Crippen LogP contribution is 2.33. The van der Waals surface area contributed by atoms with Crippen LogP contribution in [0.1, 0.15) is 43.0 Å². The zero-order valence-electron chi connectivity index (χ0n) is 11.9. The summed E-state index contributed by atoms with van der Waals surface area (Å²) in [7, 11) is 0. The maximum atomic E-state index is 12.6. The topological polar surface area (TPSA) is 75.4 Å². The Labute approximate surface area is 117 Å². The summed E-state index contributed by atoms with van der Waals surface area (Å²) in [6.45, 7) is 4.06. The number of aromatic nitrogens is 1. The predicted octanol–water partition coefficient (Wildman–Crippen LogP) is 1.06. The fourth-order valence-electron chi connectivity index (χ4n) is 3.12. The molecule has 6 nitrogen and oxygen atoms in total. The van der Waals surface area contributed by atoms with Gasteiger partial charge in [-0.2, -0.15) is 0 Å². The molecule has 0 bridgehead atoms. The fourth-order valence-corrected chi connectivity index (χ4v) is 3.12. The standard InChI is InChI=1S/C14H19N3O3/c1-9-10(2)20-12(15-9)8-17-7-11(18)16-14(13(17)19)5-3-4-6-14/h3-8H2,1-2H3,(H,16,18). The summed E-state index contributed by atoms with van der Waals surface area (Å²) in [4.78, 5) is 30.4. The van der Waals surface area contributed by atoms with Crippen LogP contribution in [0.5, 0.6) is 0 Å². The number of nitrogens with one attached hydrogen (secondary N) is 1. The third-order valence-corrected chi connectivity index (χ3v) is 4.27. The Balaban J connectivity index is 1.81. The van der Waals surface area contributed by atoms with Gasteiger partial charge in [-0.15, -0.1) is 0 Å². The quantitative estimate of drug-likeness (QED) is 0.877. The number of piperazine rings is 1. The largest absolute Gasteiger partial charge is 0.444 e. The molecule has 1 N–H and O–H groups in total. The Morgan fingerprint density at radius 3 is 2.60 bits per heavy atom. The van der Waals surface area contributed by atoms with Crippen LogP contribution >= 0.6 is 0 Å². The molecule has 6 heteroatoms. The molecule has 3 rings (SSSR count). The van der Waals surface area contributed by atoms with Gasteiger partial charge in [-0.1, -0.05) is 12.8 Å². The molecule has 0 aromatic carbocycles. The molecule has 2 aliphatic rings. The maximum Gasteiger partial charge on any atom is 0.249 e. The SMILES string of the molecule is Cc1nc(CN2CC(=O)NC3(CCCC3)C2=O)oc1C. The molecule has 1 aromatic heterocycles. The number of carbonyl (C=O) groups excluding carboxylic acids is 2. The number of hydrogen-bond acceptors (Lipinski definition) is 4. The van der Waals surface area contributed by atoms with E-state index in [1.165, 1.54) is 0 Å². The average molecular weight is 277 g/mol. The van der Waals surface area contributed by atoms with E-state index in [0.29, 0.717) is 5.89 Å². The van der Waals surface area contributed by atoms with Gasteiger partial charge in [-0.3, -0.25) is 9.59 Å². The van der Waals surface area contributed by atoms with Gasteiger partial charge in [-0.25, -0.2) is 4.98 Å². The molecule has 0 radical (unpaired) electrons. The summed E-state index contributed by atoms with van der Waals surface area (Å²) < 4.78 is 5.51. The van der Waals surface area contributed by atoms with E-state index in [-0.39, 0.29) is 24.9 Å². The molecule has 108 valence electrons. The van der Waals surface area contributed by atoms with E-state index in [1.807, 2.05) is 13.8 Å². The van der Waals surface area contributed by atoms with Crippen LogP contribution in [0.2, 0.25) is 0 Å². The summed E-state index contributed by atoms with van der Waals surface area (Å²) in [6, 6.07) is 0. The first-order valence-electron chi connectivity index (χ1n) is 7.03. The Kier molecular flexibility index (Phi) is 3.03. The van der Waals surface area contributed by atoms with Gasteiger partial charge < -0.3 is 14.6 Å². The van der Waals surface area contributed by atoms with Crippen molar-refractivity contribution >= 4 is 11.8 Å². The number of hydrogen-bond donors (Lipinski definition) is 1. The lowest BCUT2D eigenvalue weighted by Gasteiger charge is -2.39. The van der Waals surface area contributed by atoms with Crippen molar-refractivity contribution in [2.45, 2.75) is 51.6 Å². The van der Waals surface area contributed by atoms with Crippen molar-refractivity contribution in [3.8, 4) is 0 Å². The smallest absolute Gasteiger partial charge is 0.249 e. The molecule has 1 aliphatic carbocycles. The molecule has 2 heterocycles. The van der Waals surface area contributed by atoms with Crippen LogP contribution in [0, 0.1) is 13.8 Å². The predicted molar refractivity (Wildman–Crippen MR) is 70.7 cm³/mol. The van der Waals surface area contributed by atoms with E-state index in [2.05, 4.69) is 10.3 Å². The zero-order valence-corrected chi connectivity index (χ0v) is 11.9. The first-order valence-corrected chi connectivity index (χ1v) is 7.03. The van der Waals surface area contributed by atoms with E-state index in [0.717, 1.165) is 37.1 Å². The molecule has 1 spiro atoms. The zero-order chi connectivity index (χ0) is 14.3. The number of amides is 2. The Hall–Kier alpha value is -1.85. The van der Waals surface area contributed by atoms with Gasteiger partial charge in [0.1, 0.15) is 17.8 Å². The Morgan fingerprint density at radius 2 is 2.00 bits per heavy atom. The maximum absolute atomic E-state index is 12.6. The number of rotatable bonds is 2. The fraction of sp³-hybridized carbons (Fsp3) is 0.643. The number of aryl methyl sites for hydroxylation is 2. The van der Waals surface area contributed by atoms with Crippen molar-refractivity contribution in [2.24, 2.45) is 0 Å². The molecular formula is C14H19N3O3. The summed E-state index contributed by atoms with van der Waals surface area (Å²) in [6.07, 6.45) is 3.43. The van der Waals surface area contributed by atoms with Crippen LogP contribution in [-0.2, 0) is 16.1 Å². The summed E-state index contributed by atoms with van der Waals surface area (Å²) in [5, 5.41) is 2.89. The molecular weight excluding hydrogens is 258 g/mol. The lowest BCUT2D eigenvalue weighted by molar-refractivity contribution is -0.150. The second kappa shape index (κ2) is 4.61. The lowest BCUT2D eigenvalue weighted by Crippen LogP contribution is -2.65. The minimum Gasteiger partial charge on any atom is -0.444 e. The van der Waals surface area contributed by atoms with Crippen LogP contribution in [0.25, 0.3) is 0 Å². The van der Waals surface area contributed by atoms with Gasteiger partial charge in [0.2, 0.25) is 17.7 Å². The van der Waals surface area contributed by atoms with Gasteiger partial charge in [-0.05, 0) is 26.7 Å².